The molecule has 1 unspecified atom stereocenters. The molecule has 1 N–H and O–H groups in total. The van der Waals surface area contributed by atoms with Gasteiger partial charge >= 0.3 is 0 Å². The highest BCUT2D eigenvalue weighted by molar-refractivity contribution is 6.46. The maximum atomic E-state index is 12.8. The molecule has 0 bridgehead atoms. The Hall–Kier alpha value is -2.70. The Morgan fingerprint density at radius 3 is 2.56 bits per heavy atom. The van der Waals surface area contributed by atoms with E-state index >= 15 is 0 Å². The van der Waals surface area contributed by atoms with Gasteiger partial charge in [0, 0.05) is 36.1 Å². The van der Waals surface area contributed by atoms with E-state index in [-0.39, 0.29) is 11.3 Å². The van der Waals surface area contributed by atoms with Gasteiger partial charge < -0.3 is 14.9 Å². The number of ketones is 1. The predicted octanol–water partition coefficient (Wildman–Crippen LogP) is 2.72. The molecule has 0 aliphatic carbocycles. The van der Waals surface area contributed by atoms with Crippen molar-refractivity contribution in [1.82, 2.24) is 14.8 Å². The molecule has 27 heavy (non-hydrogen) atoms. The summed E-state index contributed by atoms with van der Waals surface area (Å²) in [7, 11) is 3.78. The van der Waals surface area contributed by atoms with Crippen LogP contribution in [0.4, 0.5) is 0 Å². The van der Waals surface area contributed by atoms with Gasteiger partial charge in [-0.05, 0) is 43.9 Å². The fourth-order valence-corrected chi connectivity index (χ4v) is 3.31. The number of hydrogen-bond donors (Lipinski definition) is 1. The van der Waals surface area contributed by atoms with Gasteiger partial charge in [0.2, 0.25) is 0 Å². The van der Waals surface area contributed by atoms with Gasteiger partial charge in [0.05, 0.1) is 11.6 Å². The van der Waals surface area contributed by atoms with E-state index in [2.05, 4.69) is 4.98 Å². The molecule has 1 aromatic carbocycles. The zero-order valence-electron chi connectivity index (χ0n) is 15.1. The largest absolute Gasteiger partial charge is 0.507 e. The molecule has 2 aromatic rings. The second-order valence-electron chi connectivity index (χ2n) is 6.59. The molecule has 0 radical (unpaired) electrons. The topological polar surface area (TPSA) is 73.7 Å². The van der Waals surface area contributed by atoms with Crippen molar-refractivity contribution in [3.63, 3.8) is 0 Å². The average molecular weight is 386 g/mol. The van der Waals surface area contributed by atoms with Gasteiger partial charge in [-0.1, -0.05) is 23.7 Å². The summed E-state index contributed by atoms with van der Waals surface area (Å²) < 4.78 is 0. The number of rotatable bonds is 5. The third kappa shape index (κ3) is 3.86. The van der Waals surface area contributed by atoms with Crippen molar-refractivity contribution in [2.24, 2.45) is 0 Å². The number of aliphatic hydroxyl groups is 1. The second-order valence-corrected chi connectivity index (χ2v) is 7.02. The summed E-state index contributed by atoms with van der Waals surface area (Å²) in [6, 6.07) is 9.48. The minimum atomic E-state index is -0.701. The highest BCUT2D eigenvalue weighted by Crippen LogP contribution is 2.39. The van der Waals surface area contributed by atoms with Crippen molar-refractivity contribution < 1.29 is 14.7 Å². The van der Waals surface area contributed by atoms with Gasteiger partial charge in [0.25, 0.3) is 11.7 Å². The van der Waals surface area contributed by atoms with E-state index in [9.17, 15) is 14.7 Å². The van der Waals surface area contributed by atoms with Crippen LogP contribution in [0.3, 0.4) is 0 Å². The maximum absolute atomic E-state index is 12.8. The lowest BCUT2D eigenvalue weighted by Crippen LogP contribution is -2.35. The molecular formula is C20H20ClN3O3. The quantitative estimate of drug-likeness (QED) is 0.486. The summed E-state index contributed by atoms with van der Waals surface area (Å²) in [5, 5.41) is 11.3. The SMILES string of the molecule is CN(C)CCN1C(=O)C(=O)/C(=C(/O)c2ccncc2)C1c1cccc(Cl)c1. The number of pyridine rings is 1. The van der Waals surface area contributed by atoms with Crippen LogP contribution in [0.15, 0.2) is 54.4 Å². The summed E-state index contributed by atoms with van der Waals surface area (Å²) in [6.07, 6.45) is 3.04. The van der Waals surface area contributed by atoms with Crippen LogP contribution in [0.2, 0.25) is 5.02 Å². The Labute approximate surface area is 162 Å². The first-order valence-electron chi connectivity index (χ1n) is 8.49. The molecule has 1 atom stereocenters. The Kier molecular flexibility index (Phi) is 5.58. The van der Waals surface area contributed by atoms with E-state index in [1.54, 1.807) is 36.4 Å². The zero-order chi connectivity index (χ0) is 19.6. The van der Waals surface area contributed by atoms with Crippen LogP contribution in [0.25, 0.3) is 5.76 Å². The van der Waals surface area contributed by atoms with E-state index in [1.165, 1.54) is 17.3 Å². The number of carbonyl (C=O) groups excluding carboxylic acids is 2. The molecule has 1 aliphatic heterocycles. The first-order valence-corrected chi connectivity index (χ1v) is 8.87. The van der Waals surface area contributed by atoms with Crippen LogP contribution < -0.4 is 0 Å². The third-order valence-electron chi connectivity index (χ3n) is 4.45. The van der Waals surface area contributed by atoms with Crippen LogP contribution in [-0.2, 0) is 9.59 Å². The van der Waals surface area contributed by atoms with E-state index < -0.39 is 17.7 Å². The third-order valence-corrected chi connectivity index (χ3v) is 4.68. The van der Waals surface area contributed by atoms with Crippen molar-refractivity contribution in [2.75, 3.05) is 27.2 Å². The number of aromatic nitrogens is 1. The minimum Gasteiger partial charge on any atom is -0.507 e. The number of aliphatic hydroxyl groups excluding tert-OH is 1. The van der Waals surface area contributed by atoms with Gasteiger partial charge in [-0.15, -0.1) is 0 Å². The monoisotopic (exact) mass is 385 g/mol. The number of likely N-dealkylation sites (tertiary alicyclic amines) is 1. The van der Waals surface area contributed by atoms with E-state index in [0.717, 1.165) is 0 Å². The molecule has 7 heteroatoms. The fourth-order valence-electron chi connectivity index (χ4n) is 3.11. The van der Waals surface area contributed by atoms with Gasteiger partial charge in [-0.25, -0.2) is 0 Å². The molecule has 1 saturated heterocycles. The molecular weight excluding hydrogens is 366 g/mol. The lowest BCUT2D eigenvalue weighted by molar-refractivity contribution is -0.140. The summed E-state index contributed by atoms with van der Waals surface area (Å²) in [6.45, 7) is 0.932. The summed E-state index contributed by atoms with van der Waals surface area (Å²) in [5.74, 6) is -1.54. The molecule has 0 spiro atoms. The number of nitrogens with zero attached hydrogens (tertiary/aromatic N) is 3. The fraction of sp³-hybridized carbons (Fsp3) is 0.250. The van der Waals surface area contributed by atoms with Crippen LogP contribution in [0.1, 0.15) is 17.2 Å². The number of halogens is 1. The van der Waals surface area contributed by atoms with Gasteiger partial charge in [-0.2, -0.15) is 0 Å². The zero-order valence-corrected chi connectivity index (χ0v) is 15.8. The van der Waals surface area contributed by atoms with Crippen LogP contribution in [0.5, 0.6) is 0 Å². The number of carbonyl (C=O) groups is 2. The number of hydrogen-bond acceptors (Lipinski definition) is 5. The number of benzene rings is 1. The summed E-state index contributed by atoms with van der Waals surface area (Å²) in [4.78, 5) is 32.8. The van der Waals surface area contributed by atoms with Crippen molar-refractivity contribution in [2.45, 2.75) is 6.04 Å². The summed E-state index contributed by atoms with van der Waals surface area (Å²) >= 11 is 6.13. The Balaban J connectivity index is 2.15. The van der Waals surface area contributed by atoms with Crippen LogP contribution in [-0.4, -0.2) is 58.8 Å². The summed E-state index contributed by atoms with van der Waals surface area (Å²) in [5.41, 5.74) is 1.17. The van der Waals surface area contributed by atoms with Crippen LogP contribution in [0, 0.1) is 0 Å². The molecule has 2 heterocycles. The Morgan fingerprint density at radius 1 is 1.22 bits per heavy atom. The Morgan fingerprint density at radius 2 is 1.93 bits per heavy atom. The molecule has 0 saturated carbocycles. The first-order chi connectivity index (χ1) is 12.9. The molecule has 6 nitrogen and oxygen atoms in total. The number of amides is 1. The molecule has 140 valence electrons. The average Bonchev–Trinajstić information content (AvgIpc) is 2.91. The second kappa shape index (κ2) is 7.90. The molecule has 1 fully saturated rings. The van der Waals surface area contributed by atoms with E-state index in [4.69, 9.17) is 11.6 Å². The molecule has 3 rings (SSSR count). The van der Waals surface area contributed by atoms with E-state index in [1.807, 2.05) is 19.0 Å². The predicted molar refractivity (Wildman–Crippen MR) is 103 cm³/mol. The van der Waals surface area contributed by atoms with Crippen molar-refractivity contribution >= 4 is 29.1 Å². The number of Topliss-reactive ketones (excluding diaryl/α,β-unsaturated/α-hetero) is 1. The number of likely N-dealkylation sites (N-methyl/N-ethyl adjacent to an activating group) is 1. The van der Waals surface area contributed by atoms with Crippen molar-refractivity contribution in [3.05, 3.63) is 70.5 Å². The normalized spacial score (nSPS) is 19.1. The van der Waals surface area contributed by atoms with Gasteiger partial charge in [0.15, 0.2) is 0 Å². The van der Waals surface area contributed by atoms with Crippen molar-refractivity contribution in [1.29, 1.82) is 0 Å². The van der Waals surface area contributed by atoms with Gasteiger partial charge in [0.1, 0.15) is 5.76 Å². The Bertz CT molecular complexity index is 896. The molecule has 1 amide bonds. The first kappa shape index (κ1) is 19.1. The van der Waals surface area contributed by atoms with E-state index in [0.29, 0.717) is 29.2 Å². The van der Waals surface area contributed by atoms with Crippen molar-refractivity contribution in [3.8, 4) is 0 Å². The van der Waals surface area contributed by atoms with Crippen LogP contribution >= 0.6 is 11.6 Å². The molecule has 1 aliphatic rings. The highest BCUT2D eigenvalue weighted by Gasteiger charge is 2.45. The lowest BCUT2D eigenvalue weighted by atomic mass is 9.95. The van der Waals surface area contributed by atoms with Gasteiger partial charge in [-0.3, -0.25) is 14.6 Å². The smallest absolute Gasteiger partial charge is 0.295 e. The molecule has 1 aromatic heterocycles. The lowest BCUT2D eigenvalue weighted by Gasteiger charge is -2.26. The standard InChI is InChI=1S/C20H20ClN3O3/c1-23(2)10-11-24-17(14-4-3-5-15(21)12-14)16(19(26)20(24)27)18(25)13-6-8-22-9-7-13/h3-9,12,17,25H,10-11H2,1-2H3/b18-16+. The maximum Gasteiger partial charge on any atom is 0.295 e. The minimum absolute atomic E-state index is 0.0622. The highest BCUT2D eigenvalue weighted by atomic mass is 35.5.